The van der Waals surface area contributed by atoms with E-state index < -0.39 is 11.4 Å². The van der Waals surface area contributed by atoms with E-state index in [-0.39, 0.29) is 0 Å². The summed E-state index contributed by atoms with van der Waals surface area (Å²) in [7, 11) is 0. The van der Waals surface area contributed by atoms with Gasteiger partial charge in [0, 0.05) is 4.90 Å². The minimum absolute atomic E-state index is 0.476. The maximum Gasteiger partial charge on any atom is 0.318 e. The van der Waals surface area contributed by atoms with Gasteiger partial charge in [0.05, 0.1) is 0 Å². The fourth-order valence-electron chi connectivity index (χ4n) is 2.50. The maximum atomic E-state index is 12.0. The highest BCUT2D eigenvalue weighted by Crippen LogP contribution is 2.38. The molecule has 1 N–H and O–H groups in total. The van der Waals surface area contributed by atoms with E-state index in [1.807, 2.05) is 61.5 Å². The van der Waals surface area contributed by atoms with E-state index in [0.717, 1.165) is 11.1 Å². The molecule has 0 saturated heterocycles. The minimum atomic E-state index is -1.04. The summed E-state index contributed by atoms with van der Waals surface area (Å²) in [5.41, 5.74) is 0.477. The first-order valence-electron chi connectivity index (χ1n) is 6.20. The smallest absolute Gasteiger partial charge is 0.318 e. The van der Waals surface area contributed by atoms with E-state index in [2.05, 4.69) is 12.6 Å². The van der Waals surface area contributed by atoms with Crippen molar-refractivity contribution in [1.82, 2.24) is 0 Å². The molecule has 0 heterocycles. The molecule has 0 aromatic heterocycles. The summed E-state index contributed by atoms with van der Waals surface area (Å²) in [5, 5.41) is 9.82. The molecule has 0 aliphatic carbocycles. The second-order valence-corrected chi connectivity index (χ2v) is 4.93. The highest BCUT2D eigenvalue weighted by atomic mass is 32.1. The monoisotopic (exact) mass is 272 g/mol. The van der Waals surface area contributed by atoms with E-state index in [9.17, 15) is 9.90 Å². The Morgan fingerprint density at radius 1 is 1.11 bits per heavy atom. The Hall–Kier alpha value is -1.74. The van der Waals surface area contributed by atoms with Crippen LogP contribution in [-0.2, 0) is 10.2 Å². The van der Waals surface area contributed by atoms with Gasteiger partial charge in [0.25, 0.3) is 0 Å². The van der Waals surface area contributed by atoms with Crippen molar-refractivity contribution in [2.45, 2.75) is 23.7 Å². The number of aliphatic carboxylic acids is 1. The Bertz CT molecular complexity index is 580. The van der Waals surface area contributed by atoms with Crippen LogP contribution < -0.4 is 0 Å². The van der Waals surface area contributed by atoms with Gasteiger partial charge in [0.2, 0.25) is 0 Å². The van der Waals surface area contributed by atoms with Crippen LogP contribution in [0.15, 0.2) is 59.5 Å². The molecular weight excluding hydrogens is 256 g/mol. The summed E-state index contributed by atoms with van der Waals surface area (Å²) in [5.74, 6) is -0.845. The number of hydrogen-bond donors (Lipinski definition) is 2. The third-order valence-electron chi connectivity index (χ3n) is 3.53. The van der Waals surface area contributed by atoms with Crippen molar-refractivity contribution < 1.29 is 9.90 Å². The number of carboxylic acid groups (broad SMARTS) is 1. The van der Waals surface area contributed by atoms with Gasteiger partial charge in [-0.2, -0.15) is 0 Å². The van der Waals surface area contributed by atoms with Crippen LogP contribution in [0.4, 0.5) is 0 Å². The molecule has 2 aromatic rings. The second kappa shape index (κ2) is 5.49. The van der Waals surface area contributed by atoms with Gasteiger partial charge in [-0.15, -0.1) is 12.6 Å². The highest BCUT2D eigenvalue weighted by molar-refractivity contribution is 7.80. The largest absolute Gasteiger partial charge is 0.480 e. The van der Waals surface area contributed by atoms with Crippen molar-refractivity contribution in [2.24, 2.45) is 0 Å². The lowest BCUT2D eigenvalue weighted by Gasteiger charge is -2.30. The number of rotatable bonds is 4. The highest BCUT2D eigenvalue weighted by Gasteiger charge is 2.41. The fraction of sp³-hybridized carbons (Fsp3) is 0.188. The Kier molecular flexibility index (Phi) is 3.96. The number of hydrogen-bond acceptors (Lipinski definition) is 2. The molecule has 1 atom stereocenters. The second-order valence-electron chi connectivity index (χ2n) is 4.45. The molecule has 0 aliphatic rings. The van der Waals surface area contributed by atoms with Crippen LogP contribution in [0.2, 0.25) is 0 Å². The third kappa shape index (κ3) is 2.26. The zero-order chi connectivity index (χ0) is 13.9. The van der Waals surface area contributed by atoms with Gasteiger partial charge in [-0.05, 0) is 23.6 Å². The predicted molar refractivity (Wildman–Crippen MR) is 78.8 cm³/mol. The normalized spacial score (nSPS) is 13.8. The summed E-state index contributed by atoms with van der Waals surface area (Å²) in [4.78, 5) is 12.7. The molecule has 98 valence electrons. The summed E-state index contributed by atoms with van der Waals surface area (Å²) in [6.07, 6.45) is 0.476. The zero-order valence-electron chi connectivity index (χ0n) is 10.7. The Morgan fingerprint density at radius 2 is 1.68 bits per heavy atom. The molecule has 2 rings (SSSR count). The molecule has 1 unspecified atom stereocenters. The van der Waals surface area contributed by atoms with Crippen LogP contribution in [0.3, 0.4) is 0 Å². The van der Waals surface area contributed by atoms with Crippen LogP contribution in [0.1, 0.15) is 24.5 Å². The molecule has 0 fully saturated rings. The summed E-state index contributed by atoms with van der Waals surface area (Å²) in [6, 6.07) is 16.7. The predicted octanol–water partition coefficient (Wildman–Crippen LogP) is 3.76. The van der Waals surface area contributed by atoms with Gasteiger partial charge in [-0.3, -0.25) is 4.79 Å². The van der Waals surface area contributed by atoms with Crippen LogP contribution in [0.5, 0.6) is 0 Å². The van der Waals surface area contributed by atoms with Crippen molar-refractivity contribution >= 4 is 18.6 Å². The summed E-state index contributed by atoms with van der Waals surface area (Å²) in [6.45, 7) is 1.89. The molecular formula is C16H16O2S. The zero-order valence-corrected chi connectivity index (χ0v) is 11.6. The summed E-state index contributed by atoms with van der Waals surface area (Å²) < 4.78 is 0. The van der Waals surface area contributed by atoms with Crippen molar-refractivity contribution in [1.29, 1.82) is 0 Å². The average Bonchev–Trinajstić information content (AvgIpc) is 2.43. The molecule has 0 amide bonds. The topological polar surface area (TPSA) is 37.3 Å². The SMILES string of the molecule is CCC(C(=O)O)(c1ccccc1)c1ccccc1S. The quantitative estimate of drug-likeness (QED) is 0.832. The van der Waals surface area contributed by atoms with E-state index in [1.165, 1.54) is 0 Å². The molecule has 0 radical (unpaired) electrons. The molecule has 2 nitrogen and oxygen atoms in total. The Balaban J connectivity index is 2.73. The summed E-state index contributed by atoms with van der Waals surface area (Å²) >= 11 is 4.43. The van der Waals surface area contributed by atoms with Crippen LogP contribution in [-0.4, -0.2) is 11.1 Å². The van der Waals surface area contributed by atoms with Gasteiger partial charge in [-0.1, -0.05) is 55.5 Å². The first kappa shape index (κ1) is 13.7. The lowest BCUT2D eigenvalue weighted by Crippen LogP contribution is -2.36. The van der Waals surface area contributed by atoms with Crippen LogP contribution in [0, 0.1) is 0 Å². The van der Waals surface area contributed by atoms with Crippen LogP contribution in [0.25, 0.3) is 0 Å². The van der Waals surface area contributed by atoms with Crippen LogP contribution >= 0.6 is 12.6 Å². The van der Waals surface area contributed by atoms with Crippen molar-refractivity contribution in [3.8, 4) is 0 Å². The molecule has 0 aliphatic heterocycles. The van der Waals surface area contributed by atoms with E-state index in [0.29, 0.717) is 11.3 Å². The van der Waals surface area contributed by atoms with E-state index >= 15 is 0 Å². The minimum Gasteiger partial charge on any atom is -0.480 e. The van der Waals surface area contributed by atoms with E-state index in [1.54, 1.807) is 0 Å². The number of carboxylic acids is 1. The standard InChI is InChI=1S/C16H16O2S/c1-2-16(15(17)18,12-8-4-3-5-9-12)13-10-6-7-11-14(13)19/h3-11,19H,2H2,1H3,(H,17,18). The Morgan fingerprint density at radius 3 is 2.21 bits per heavy atom. The lowest BCUT2D eigenvalue weighted by molar-refractivity contribution is -0.142. The maximum absolute atomic E-state index is 12.0. The number of carbonyl (C=O) groups is 1. The number of benzene rings is 2. The number of thiol groups is 1. The molecule has 3 heteroatoms. The van der Waals surface area contributed by atoms with Gasteiger partial charge < -0.3 is 5.11 Å². The first-order valence-corrected chi connectivity index (χ1v) is 6.65. The molecule has 0 spiro atoms. The van der Waals surface area contributed by atoms with E-state index in [4.69, 9.17) is 0 Å². The fourth-order valence-corrected chi connectivity index (χ4v) is 2.85. The van der Waals surface area contributed by atoms with Gasteiger partial charge in [0.1, 0.15) is 5.41 Å². The molecule has 0 bridgehead atoms. The molecule has 0 saturated carbocycles. The molecule has 19 heavy (non-hydrogen) atoms. The third-order valence-corrected chi connectivity index (χ3v) is 3.92. The van der Waals surface area contributed by atoms with Crippen molar-refractivity contribution in [3.05, 3.63) is 65.7 Å². The van der Waals surface area contributed by atoms with Crippen molar-refractivity contribution in [3.63, 3.8) is 0 Å². The Labute approximate surface area is 118 Å². The molecule has 2 aromatic carbocycles. The van der Waals surface area contributed by atoms with Gasteiger partial charge in [-0.25, -0.2) is 0 Å². The van der Waals surface area contributed by atoms with Gasteiger partial charge >= 0.3 is 5.97 Å². The van der Waals surface area contributed by atoms with Crippen molar-refractivity contribution in [2.75, 3.05) is 0 Å². The van der Waals surface area contributed by atoms with Gasteiger partial charge in [0.15, 0.2) is 0 Å². The lowest BCUT2D eigenvalue weighted by atomic mass is 9.72. The average molecular weight is 272 g/mol. The first-order chi connectivity index (χ1) is 9.13.